The van der Waals surface area contributed by atoms with E-state index in [0.29, 0.717) is 0 Å². The molecule has 0 amide bonds. The Bertz CT molecular complexity index is 579. The first-order chi connectivity index (χ1) is 9.84. The van der Waals surface area contributed by atoms with Crippen LogP contribution in [-0.4, -0.2) is 6.04 Å². The molecule has 2 heteroatoms. The van der Waals surface area contributed by atoms with Gasteiger partial charge in [0.2, 0.25) is 0 Å². The second-order valence-corrected chi connectivity index (χ2v) is 6.71. The van der Waals surface area contributed by atoms with Gasteiger partial charge in [0.15, 0.2) is 0 Å². The predicted molar refractivity (Wildman–Crippen MR) is 89.0 cm³/mol. The zero-order chi connectivity index (χ0) is 15.5. The fraction of sp³-hybridized carbons (Fsp3) is 0.368. The Hall–Kier alpha value is -1.80. The van der Waals surface area contributed by atoms with Gasteiger partial charge in [-0.05, 0) is 54.2 Å². The lowest BCUT2D eigenvalue weighted by Gasteiger charge is -2.19. The highest BCUT2D eigenvalue weighted by Crippen LogP contribution is 2.28. The summed E-state index contributed by atoms with van der Waals surface area (Å²) in [5.41, 5.74) is 8.45. The first kappa shape index (κ1) is 15.6. The minimum Gasteiger partial charge on any atom is -0.457 e. The van der Waals surface area contributed by atoms with Crippen LogP contribution in [0.1, 0.15) is 38.8 Å². The smallest absolute Gasteiger partial charge is 0.127 e. The molecule has 0 fully saturated rings. The van der Waals surface area contributed by atoms with E-state index in [0.717, 1.165) is 17.9 Å². The van der Waals surface area contributed by atoms with Crippen LogP contribution >= 0.6 is 0 Å². The van der Waals surface area contributed by atoms with E-state index < -0.39 is 0 Å². The Morgan fingerprint density at radius 1 is 1.00 bits per heavy atom. The topological polar surface area (TPSA) is 35.2 Å². The van der Waals surface area contributed by atoms with Crippen LogP contribution in [0.3, 0.4) is 0 Å². The van der Waals surface area contributed by atoms with Gasteiger partial charge in [0.25, 0.3) is 0 Å². The van der Waals surface area contributed by atoms with E-state index in [1.165, 1.54) is 11.1 Å². The molecule has 0 saturated heterocycles. The molecule has 2 rings (SSSR count). The zero-order valence-electron chi connectivity index (χ0n) is 13.4. The lowest BCUT2D eigenvalue weighted by Crippen LogP contribution is -2.17. The third-order valence-corrected chi connectivity index (χ3v) is 3.42. The minimum atomic E-state index is 0.125. The SMILES string of the molecule is CC(N)Cc1ccc(Oc2cccc(C(C)(C)C)c2)cc1. The lowest BCUT2D eigenvalue weighted by molar-refractivity contribution is 0.478. The molecule has 112 valence electrons. The molecule has 0 aliphatic heterocycles. The number of rotatable bonds is 4. The Labute approximate surface area is 127 Å². The van der Waals surface area contributed by atoms with Gasteiger partial charge in [-0.3, -0.25) is 0 Å². The van der Waals surface area contributed by atoms with Gasteiger partial charge in [-0.1, -0.05) is 45.0 Å². The molecule has 0 aliphatic carbocycles. The monoisotopic (exact) mass is 283 g/mol. The van der Waals surface area contributed by atoms with Gasteiger partial charge in [-0.2, -0.15) is 0 Å². The van der Waals surface area contributed by atoms with Crippen molar-refractivity contribution in [3.63, 3.8) is 0 Å². The van der Waals surface area contributed by atoms with Crippen LogP contribution in [0.4, 0.5) is 0 Å². The van der Waals surface area contributed by atoms with Crippen molar-refractivity contribution in [1.29, 1.82) is 0 Å². The average molecular weight is 283 g/mol. The summed E-state index contributed by atoms with van der Waals surface area (Å²) in [5.74, 6) is 1.73. The third kappa shape index (κ3) is 4.61. The summed E-state index contributed by atoms with van der Waals surface area (Å²) in [7, 11) is 0. The van der Waals surface area contributed by atoms with Crippen LogP contribution in [0.25, 0.3) is 0 Å². The molecule has 0 saturated carbocycles. The van der Waals surface area contributed by atoms with E-state index in [9.17, 15) is 0 Å². The van der Waals surface area contributed by atoms with Crippen molar-refractivity contribution >= 4 is 0 Å². The standard InChI is InChI=1S/C19H25NO/c1-14(20)12-15-8-10-17(11-9-15)21-18-7-5-6-16(13-18)19(2,3)4/h5-11,13-14H,12,20H2,1-4H3. The molecule has 1 atom stereocenters. The second-order valence-electron chi connectivity index (χ2n) is 6.71. The van der Waals surface area contributed by atoms with Crippen molar-refractivity contribution in [2.45, 2.75) is 45.6 Å². The van der Waals surface area contributed by atoms with Crippen LogP contribution in [0, 0.1) is 0 Å². The maximum atomic E-state index is 5.94. The van der Waals surface area contributed by atoms with Crippen molar-refractivity contribution in [2.24, 2.45) is 5.73 Å². The van der Waals surface area contributed by atoms with Crippen LogP contribution in [0.5, 0.6) is 11.5 Å². The number of hydrogen-bond donors (Lipinski definition) is 1. The van der Waals surface area contributed by atoms with Gasteiger partial charge < -0.3 is 10.5 Å². The molecule has 21 heavy (non-hydrogen) atoms. The highest BCUT2D eigenvalue weighted by Gasteiger charge is 2.14. The van der Waals surface area contributed by atoms with Crippen molar-refractivity contribution in [1.82, 2.24) is 0 Å². The molecule has 2 nitrogen and oxygen atoms in total. The lowest BCUT2D eigenvalue weighted by atomic mass is 9.87. The van der Waals surface area contributed by atoms with E-state index in [-0.39, 0.29) is 11.5 Å². The van der Waals surface area contributed by atoms with Crippen LogP contribution in [-0.2, 0) is 11.8 Å². The Morgan fingerprint density at radius 3 is 2.24 bits per heavy atom. The Kier molecular flexibility index (Phi) is 4.69. The predicted octanol–water partition coefficient (Wildman–Crippen LogP) is 4.67. The number of benzene rings is 2. The quantitative estimate of drug-likeness (QED) is 0.885. The zero-order valence-corrected chi connectivity index (χ0v) is 13.4. The first-order valence-electron chi connectivity index (χ1n) is 7.47. The summed E-state index contributed by atoms with van der Waals surface area (Å²) in [6.07, 6.45) is 0.889. The molecule has 2 N–H and O–H groups in total. The normalized spacial score (nSPS) is 13.0. The fourth-order valence-electron chi connectivity index (χ4n) is 2.23. The molecular formula is C19H25NO. The molecule has 2 aromatic carbocycles. The van der Waals surface area contributed by atoms with Gasteiger partial charge in [0.1, 0.15) is 11.5 Å². The van der Waals surface area contributed by atoms with E-state index in [2.05, 4.69) is 45.0 Å². The highest BCUT2D eigenvalue weighted by atomic mass is 16.5. The average Bonchev–Trinajstić information content (AvgIpc) is 2.40. The first-order valence-corrected chi connectivity index (χ1v) is 7.47. The van der Waals surface area contributed by atoms with Gasteiger partial charge in [0, 0.05) is 6.04 Å². The summed E-state index contributed by atoms with van der Waals surface area (Å²) in [4.78, 5) is 0. The van der Waals surface area contributed by atoms with E-state index in [4.69, 9.17) is 10.5 Å². The summed E-state index contributed by atoms with van der Waals surface area (Å²) in [6, 6.07) is 16.6. The highest BCUT2D eigenvalue weighted by molar-refractivity contribution is 5.37. The molecule has 0 heterocycles. The van der Waals surface area contributed by atoms with E-state index in [1.54, 1.807) is 0 Å². The fourth-order valence-corrected chi connectivity index (χ4v) is 2.23. The summed E-state index contributed by atoms with van der Waals surface area (Å²) in [5, 5.41) is 0. The van der Waals surface area contributed by atoms with Crippen molar-refractivity contribution in [3.8, 4) is 11.5 Å². The molecule has 2 aromatic rings. The number of ether oxygens (including phenoxy) is 1. The van der Waals surface area contributed by atoms with E-state index >= 15 is 0 Å². The minimum absolute atomic E-state index is 0.125. The van der Waals surface area contributed by atoms with Gasteiger partial charge in [-0.15, -0.1) is 0 Å². The molecule has 1 unspecified atom stereocenters. The number of nitrogens with two attached hydrogens (primary N) is 1. The second kappa shape index (κ2) is 6.31. The molecule has 0 aliphatic rings. The molecule has 0 aromatic heterocycles. The molecular weight excluding hydrogens is 258 g/mol. The van der Waals surface area contributed by atoms with Crippen LogP contribution in [0.2, 0.25) is 0 Å². The van der Waals surface area contributed by atoms with Gasteiger partial charge in [0.05, 0.1) is 0 Å². The maximum absolute atomic E-state index is 5.94. The maximum Gasteiger partial charge on any atom is 0.127 e. The molecule has 0 radical (unpaired) electrons. The Morgan fingerprint density at radius 2 is 1.67 bits per heavy atom. The van der Waals surface area contributed by atoms with Gasteiger partial charge >= 0.3 is 0 Å². The van der Waals surface area contributed by atoms with E-state index in [1.807, 2.05) is 31.2 Å². The molecule has 0 bridgehead atoms. The summed E-state index contributed by atoms with van der Waals surface area (Å²) < 4.78 is 5.94. The van der Waals surface area contributed by atoms with Crippen molar-refractivity contribution < 1.29 is 4.74 Å². The van der Waals surface area contributed by atoms with Crippen molar-refractivity contribution in [2.75, 3.05) is 0 Å². The summed E-state index contributed by atoms with van der Waals surface area (Å²) in [6.45, 7) is 8.63. The summed E-state index contributed by atoms with van der Waals surface area (Å²) >= 11 is 0. The Balaban J connectivity index is 2.11. The molecule has 0 spiro atoms. The number of hydrogen-bond acceptors (Lipinski definition) is 2. The van der Waals surface area contributed by atoms with Crippen LogP contribution in [0.15, 0.2) is 48.5 Å². The third-order valence-electron chi connectivity index (χ3n) is 3.42. The van der Waals surface area contributed by atoms with Gasteiger partial charge in [-0.25, -0.2) is 0 Å². The van der Waals surface area contributed by atoms with Crippen LogP contribution < -0.4 is 10.5 Å². The largest absolute Gasteiger partial charge is 0.457 e. The van der Waals surface area contributed by atoms with Crippen molar-refractivity contribution in [3.05, 3.63) is 59.7 Å².